The van der Waals surface area contributed by atoms with Gasteiger partial charge in [-0.25, -0.2) is 4.79 Å². The first kappa shape index (κ1) is 12.3. The van der Waals surface area contributed by atoms with E-state index in [2.05, 4.69) is 16.8 Å². The highest BCUT2D eigenvalue weighted by Gasteiger charge is 2.08. The molecule has 4 N–H and O–H groups in total. The maximum atomic E-state index is 11.6. The van der Waals surface area contributed by atoms with Crippen LogP contribution in [0.1, 0.15) is 31.9 Å². The fourth-order valence-corrected chi connectivity index (χ4v) is 1.24. The van der Waals surface area contributed by atoms with Gasteiger partial charge in [0.15, 0.2) is 0 Å². The molecule has 16 heavy (non-hydrogen) atoms. The Labute approximate surface area is 94.5 Å². The van der Waals surface area contributed by atoms with Crippen LogP contribution in [0.2, 0.25) is 0 Å². The topological polar surface area (TPSA) is 86.9 Å². The van der Waals surface area contributed by atoms with Gasteiger partial charge in [-0.05, 0) is 13.3 Å². The lowest BCUT2D eigenvalue weighted by molar-refractivity contribution is 0.504. The molecule has 0 fully saturated rings. The number of nitrogens with zero attached hydrogens (tertiary/aromatic N) is 2. The molecule has 1 unspecified atom stereocenters. The van der Waals surface area contributed by atoms with Crippen molar-refractivity contribution >= 4 is 5.82 Å². The summed E-state index contributed by atoms with van der Waals surface area (Å²) in [7, 11) is 0. The van der Waals surface area contributed by atoms with Crippen LogP contribution in [0.5, 0.6) is 0 Å². The van der Waals surface area contributed by atoms with E-state index < -0.39 is 0 Å². The molecule has 1 rings (SSSR count). The lowest BCUT2D eigenvalue weighted by Crippen LogP contribution is -2.26. The molecule has 0 radical (unpaired) electrons. The van der Waals surface area contributed by atoms with E-state index in [0.29, 0.717) is 5.56 Å². The Kier molecular flexibility index (Phi) is 4.09. The summed E-state index contributed by atoms with van der Waals surface area (Å²) in [6.45, 7) is 4.19. The van der Waals surface area contributed by atoms with Gasteiger partial charge in [-0.3, -0.25) is 4.57 Å². The Bertz CT molecular complexity index is 481. The summed E-state index contributed by atoms with van der Waals surface area (Å²) in [6.07, 6.45) is 2.48. The van der Waals surface area contributed by atoms with Gasteiger partial charge < -0.3 is 11.5 Å². The van der Waals surface area contributed by atoms with Crippen LogP contribution in [0, 0.1) is 11.8 Å². The largest absolute Gasteiger partial charge is 0.382 e. The van der Waals surface area contributed by atoms with Gasteiger partial charge in [-0.1, -0.05) is 18.8 Å². The Morgan fingerprint density at radius 1 is 1.62 bits per heavy atom. The van der Waals surface area contributed by atoms with Crippen molar-refractivity contribution in [3.05, 3.63) is 22.2 Å². The maximum absolute atomic E-state index is 11.6. The quantitative estimate of drug-likeness (QED) is 0.692. The van der Waals surface area contributed by atoms with E-state index in [1.165, 1.54) is 4.57 Å². The van der Waals surface area contributed by atoms with E-state index >= 15 is 0 Å². The summed E-state index contributed by atoms with van der Waals surface area (Å²) >= 11 is 0. The Hall–Kier alpha value is -1.80. The summed E-state index contributed by atoms with van der Waals surface area (Å²) in [4.78, 5) is 15.3. The van der Waals surface area contributed by atoms with Crippen molar-refractivity contribution in [2.45, 2.75) is 26.3 Å². The van der Waals surface area contributed by atoms with Gasteiger partial charge in [0.2, 0.25) is 0 Å². The van der Waals surface area contributed by atoms with Crippen molar-refractivity contribution in [3.63, 3.8) is 0 Å². The fourth-order valence-electron chi connectivity index (χ4n) is 1.24. The Morgan fingerprint density at radius 3 is 2.88 bits per heavy atom. The molecule has 0 aliphatic heterocycles. The normalized spacial score (nSPS) is 11.7. The first-order chi connectivity index (χ1) is 7.60. The van der Waals surface area contributed by atoms with Crippen LogP contribution >= 0.6 is 0 Å². The van der Waals surface area contributed by atoms with Crippen molar-refractivity contribution in [2.75, 3.05) is 12.3 Å². The third kappa shape index (κ3) is 2.61. The Morgan fingerprint density at radius 2 is 2.31 bits per heavy atom. The first-order valence-electron chi connectivity index (χ1n) is 5.17. The minimum absolute atomic E-state index is 0.0824. The van der Waals surface area contributed by atoms with Crippen LogP contribution in [0.25, 0.3) is 0 Å². The second kappa shape index (κ2) is 5.33. The predicted octanol–water partition coefficient (Wildman–Crippen LogP) is 0.107. The number of anilines is 1. The maximum Gasteiger partial charge on any atom is 0.349 e. The highest BCUT2D eigenvalue weighted by atomic mass is 16.1. The second-order valence-corrected chi connectivity index (χ2v) is 3.49. The van der Waals surface area contributed by atoms with Gasteiger partial charge in [0.1, 0.15) is 5.82 Å². The number of hydrogen-bond acceptors (Lipinski definition) is 4. The lowest BCUT2D eigenvalue weighted by Gasteiger charge is -2.12. The number of aromatic nitrogens is 2. The van der Waals surface area contributed by atoms with E-state index in [-0.39, 0.29) is 24.1 Å². The Balaban J connectivity index is 3.27. The van der Waals surface area contributed by atoms with Crippen LogP contribution in [-0.4, -0.2) is 16.1 Å². The standard InChI is InChI=1S/C11H16N4O/c1-3-8(2)15-7-9(5-4-6-12)10(13)14-11(15)16/h7-8H,3,6,12H2,1-2H3,(H2,13,14,16). The molecule has 1 aromatic heterocycles. The van der Waals surface area contributed by atoms with E-state index in [1.54, 1.807) is 6.20 Å². The third-order valence-electron chi connectivity index (χ3n) is 2.37. The summed E-state index contributed by atoms with van der Waals surface area (Å²) in [5.41, 5.74) is 11.1. The molecule has 1 heterocycles. The SMILES string of the molecule is CCC(C)n1cc(C#CCN)c(N)nc1=O. The van der Waals surface area contributed by atoms with Crippen LogP contribution in [0.15, 0.2) is 11.0 Å². The van der Waals surface area contributed by atoms with Gasteiger partial charge in [0.05, 0.1) is 12.1 Å². The minimum atomic E-state index is -0.342. The van der Waals surface area contributed by atoms with Gasteiger partial charge in [0.25, 0.3) is 0 Å². The van der Waals surface area contributed by atoms with Crippen LogP contribution in [0.3, 0.4) is 0 Å². The van der Waals surface area contributed by atoms with E-state index in [1.807, 2.05) is 13.8 Å². The molecule has 0 bridgehead atoms. The molecule has 0 saturated carbocycles. The monoisotopic (exact) mass is 220 g/mol. The smallest absolute Gasteiger partial charge is 0.349 e. The molecular formula is C11H16N4O. The zero-order chi connectivity index (χ0) is 12.1. The second-order valence-electron chi connectivity index (χ2n) is 3.49. The molecule has 86 valence electrons. The molecule has 1 atom stereocenters. The molecule has 0 aromatic carbocycles. The molecule has 0 amide bonds. The average Bonchev–Trinajstić information content (AvgIpc) is 2.27. The lowest BCUT2D eigenvalue weighted by atomic mass is 10.2. The molecule has 0 aliphatic rings. The number of nitrogen functional groups attached to an aromatic ring is 1. The number of rotatable bonds is 2. The molecule has 1 aromatic rings. The van der Waals surface area contributed by atoms with Crippen molar-refractivity contribution in [1.82, 2.24) is 9.55 Å². The first-order valence-corrected chi connectivity index (χ1v) is 5.17. The molecule has 0 aliphatic carbocycles. The van der Waals surface area contributed by atoms with Crippen molar-refractivity contribution in [1.29, 1.82) is 0 Å². The van der Waals surface area contributed by atoms with Crippen LogP contribution in [-0.2, 0) is 0 Å². The van der Waals surface area contributed by atoms with Gasteiger partial charge in [-0.15, -0.1) is 0 Å². The van der Waals surface area contributed by atoms with Crippen LogP contribution in [0.4, 0.5) is 5.82 Å². The van der Waals surface area contributed by atoms with Crippen LogP contribution < -0.4 is 17.2 Å². The third-order valence-corrected chi connectivity index (χ3v) is 2.37. The van der Waals surface area contributed by atoms with E-state index in [4.69, 9.17) is 11.5 Å². The van der Waals surface area contributed by atoms with Crippen molar-refractivity contribution in [3.8, 4) is 11.8 Å². The molecular weight excluding hydrogens is 204 g/mol. The highest BCUT2D eigenvalue weighted by Crippen LogP contribution is 2.10. The summed E-state index contributed by atoms with van der Waals surface area (Å²) < 4.78 is 1.54. The number of nitrogens with two attached hydrogens (primary N) is 2. The van der Waals surface area contributed by atoms with Gasteiger partial charge in [-0.2, -0.15) is 4.98 Å². The summed E-state index contributed by atoms with van der Waals surface area (Å²) in [6, 6.07) is 0.0824. The fraction of sp³-hybridized carbons (Fsp3) is 0.455. The van der Waals surface area contributed by atoms with Gasteiger partial charge in [0, 0.05) is 12.2 Å². The van der Waals surface area contributed by atoms with Crippen molar-refractivity contribution < 1.29 is 0 Å². The number of hydrogen-bond donors (Lipinski definition) is 2. The molecule has 0 saturated heterocycles. The average molecular weight is 220 g/mol. The molecule has 5 heteroatoms. The minimum Gasteiger partial charge on any atom is -0.382 e. The van der Waals surface area contributed by atoms with Gasteiger partial charge >= 0.3 is 5.69 Å². The van der Waals surface area contributed by atoms with Crippen molar-refractivity contribution in [2.24, 2.45) is 5.73 Å². The summed E-state index contributed by atoms with van der Waals surface area (Å²) in [5, 5.41) is 0. The predicted molar refractivity (Wildman–Crippen MR) is 63.8 cm³/mol. The summed E-state index contributed by atoms with van der Waals surface area (Å²) in [5.74, 6) is 5.65. The zero-order valence-corrected chi connectivity index (χ0v) is 9.53. The molecule has 0 spiro atoms. The highest BCUT2D eigenvalue weighted by molar-refractivity contribution is 5.49. The zero-order valence-electron chi connectivity index (χ0n) is 9.53. The molecule has 5 nitrogen and oxygen atoms in total. The van der Waals surface area contributed by atoms with E-state index in [9.17, 15) is 4.79 Å². The van der Waals surface area contributed by atoms with E-state index in [0.717, 1.165) is 6.42 Å².